The van der Waals surface area contributed by atoms with Crippen LogP contribution in [0.5, 0.6) is 0 Å². The summed E-state index contributed by atoms with van der Waals surface area (Å²) in [4.78, 5) is 20.6. The van der Waals surface area contributed by atoms with Crippen molar-refractivity contribution < 1.29 is 18.5 Å². The molecule has 1 unspecified atom stereocenters. The molecule has 0 aromatic heterocycles. The summed E-state index contributed by atoms with van der Waals surface area (Å²) < 4.78 is 4.21. The molecule has 70 valence electrons. The smallest absolute Gasteiger partial charge is 0.317 e. The number of carboxylic acids is 1. The molecule has 0 amide bonds. The Labute approximate surface area is 86.9 Å². The Kier molecular flexibility index (Phi) is 6.37. The van der Waals surface area contributed by atoms with Crippen LogP contribution < -0.4 is 0 Å². The van der Waals surface area contributed by atoms with E-state index in [1.165, 1.54) is 0 Å². The summed E-state index contributed by atoms with van der Waals surface area (Å²) in [5, 5.41) is 8.35. The molecule has 0 saturated carbocycles. The number of rotatable bonds is 5. The van der Waals surface area contributed by atoms with Gasteiger partial charge in [0.15, 0.2) is 16.3 Å². The predicted octanol–water partition coefficient (Wildman–Crippen LogP) is 1.86. The average molecular weight is 304 g/mol. The van der Waals surface area contributed by atoms with Crippen LogP contribution in [0, 0.1) is 0 Å². The van der Waals surface area contributed by atoms with Gasteiger partial charge >= 0.3 is 11.9 Å². The fourth-order valence-electron chi connectivity index (χ4n) is 0.605. The molecule has 0 aromatic rings. The number of carbonyl (C=O) groups is 2. The predicted molar refractivity (Wildman–Crippen MR) is 49.2 cm³/mol. The minimum atomic E-state index is -0.885. The van der Waals surface area contributed by atoms with Crippen molar-refractivity contribution in [3.63, 3.8) is 0 Å². The molecule has 0 heterocycles. The van der Waals surface area contributed by atoms with Gasteiger partial charge in [-0.15, -0.1) is 0 Å². The van der Waals surface area contributed by atoms with Crippen molar-refractivity contribution in [2.75, 3.05) is 0 Å². The van der Waals surface area contributed by atoms with E-state index in [1.807, 2.05) is 0 Å². The molecule has 0 rings (SSSR count). The monoisotopic (exact) mass is 302 g/mol. The first-order valence-electron chi connectivity index (χ1n) is 3.23. The molecule has 12 heavy (non-hydrogen) atoms. The van der Waals surface area contributed by atoms with Gasteiger partial charge in [0.2, 0.25) is 0 Å². The minimum absolute atomic E-state index is 0.00949. The van der Waals surface area contributed by atoms with Crippen LogP contribution in [0.3, 0.4) is 0 Å². The Balaban J connectivity index is 3.50. The van der Waals surface area contributed by atoms with Gasteiger partial charge in [0.05, 0.1) is 6.42 Å². The second-order valence-electron chi connectivity index (χ2n) is 2.18. The summed E-state index contributed by atoms with van der Waals surface area (Å²) in [5.41, 5.74) is 0. The van der Waals surface area contributed by atoms with Gasteiger partial charge in [0.25, 0.3) is 0 Å². The Morgan fingerprint density at radius 1 is 1.50 bits per heavy atom. The van der Waals surface area contributed by atoms with Crippen LogP contribution in [0.4, 0.5) is 0 Å². The summed E-state index contributed by atoms with van der Waals surface area (Å²) in [6, 6.07) is 0. The fraction of sp³-hybridized carbons (Fsp3) is 0.667. The van der Waals surface area contributed by atoms with Crippen molar-refractivity contribution in [3.8, 4) is 0 Å². The van der Waals surface area contributed by atoms with E-state index < -0.39 is 11.9 Å². The molecule has 0 radical (unpaired) electrons. The zero-order valence-electron chi connectivity index (χ0n) is 6.13. The molecule has 0 saturated heterocycles. The SMILES string of the molecule is O=C(O)CC(Br)CCC(=O)OBr. The summed E-state index contributed by atoms with van der Waals surface area (Å²) >= 11 is 5.67. The highest BCUT2D eigenvalue weighted by molar-refractivity contribution is 9.09. The molecule has 0 spiro atoms. The largest absolute Gasteiger partial charge is 0.481 e. The highest BCUT2D eigenvalue weighted by Crippen LogP contribution is 2.13. The third kappa shape index (κ3) is 6.60. The molecule has 6 heteroatoms. The third-order valence-electron chi connectivity index (χ3n) is 1.14. The van der Waals surface area contributed by atoms with E-state index in [0.29, 0.717) is 6.42 Å². The molecule has 1 N–H and O–H groups in total. The molecule has 0 aromatic carbocycles. The Morgan fingerprint density at radius 3 is 2.50 bits per heavy atom. The van der Waals surface area contributed by atoms with E-state index in [4.69, 9.17) is 5.11 Å². The molecular formula is C6H8Br2O4. The number of halogens is 2. The summed E-state index contributed by atoms with van der Waals surface area (Å²) in [6.07, 6.45) is 0.667. The number of hydrogen-bond donors (Lipinski definition) is 1. The third-order valence-corrected chi connectivity index (χ3v) is 2.29. The minimum Gasteiger partial charge on any atom is -0.481 e. The molecule has 0 fully saturated rings. The van der Waals surface area contributed by atoms with Gasteiger partial charge in [0.1, 0.15) is 0 Å². The van der Waals surface area contributed by atoms with E-state index >= 15 is 0 Å². The maximum atomic E-state index is 10.6. The van der Waals surface area contributed by atoms with Gasteiger partial charge in [0, 0.05) is 11.2 Å². The lowest BCUT2D eigenvalue weighted by Gasteiger charge is -2.03. The van der Waals surface area contributed by atoms with E-state index in [9.17, 15) is 9.59 Å². The standard InChI is InChI=1S/C6H8Br2O4/c7-4(3-5(9)10)1-2-6(11)12-8/h4H,1-3H2,(H,9,10). The molecule has 0 bridgehead atoms. The average Bonchev–Trinajstić information content (AvgIpc) is 1.99. The van der Waals surface area contributed by atoms with E-state index in [2.05, 4.69) is 36.0 Å². The van der Waals surface area contributed by atoms with Gasteiger partial charge in [-0.05, 0) is 6.42 Å². The lowest BCUT2D eigenvalue weighted by Crippen LogP contribution is -2.09. The van der Waals surface area contributed by atoms with Crippen molar-refractivity contribution in [3.05, 3.63) is 0 Å². The normalized spacial score (nSPS) is 12.2. The first-order valence-corrected chi connectivity index (χ1v) is 4.80. The van der Waals surface area contributed by atoms with Crippen LogP contribution in [-0.4, -0.2) is 21.9 Å². The van der Waals surface area contributed by atoms with Crippen LogP contribution in [0.15, 0.2) is 0 Å². The van der Waals surface area contributed by atoms with Crippen molar-refractivity contribution in [2.45, 2.75) is 24.1 Å². The number of aliphatic carboxylic acids is 1. The molecule has 1 atom stereocenters. The Morgan fingerprint density at radius 2 is 2.08 bits per heavy atom. The molecule has 0 aliphatic heterocycles. The maximum absolute atomic E-state index is 10.6. The Bertz CT molecular complexity index is 171. The Hall–Kier alpha value is -0.100. The second kappa shape index (κ2) is 6.42. The van der Waals surface area contributed by atoms with Crippen molar-refractivity contribution in [1.82, 2.24) is 0 Å². The summed E-state index contributed by atoms with van der Waals surface area (Å²) in [5.74, 6) is -1.28. The van der Waals surface area contributed by atoms with E-state index in [-0.39, 0.29) is 17.7 Å². The van der Waals surface area contributed by atoms with Crippen molar-refractivity contribution in [2.24, 2.45) is 0 Å². The van der Waals surface area contributed by atoms with Gasteiger partial charge < -0.3 is 8.93 Å². The topological polar surface area (TPSA) is 63.6 Å². The number of alkyl halides is 1. The van der Waals surface area contributed by atoms with Crippen LogP contribution >= 0.6 is 32.2 Å². The van der Waals surface area contributed by atoms with Crippen LogP contribution in [0.2, 0.25) is 0 Å². The van der Waals surface area contributed by atoms with E-state index in [1.54, 1.807) is 0 Å². The number of carboxylic acid groups (broad SMARTS) is 1. The quantitative estimate of drug-likeness (QED) is 0.787. The molecular weight excluding hydrogens is 296 g/mol. The lowest BCUT2D eigenvalue weighted by molar-refractivity contribution is -0.137. The van der Waals surface area contributed by atoms with Gasteiger partial charge in [-0.2, -0.15) is 0 Å². The first-order chi connectivity index (χ1) is 5.56. The molecule has 0 aliphatic rings. The lowest BCUT2D eigenvalue weighted by atomic mass is 10.2. The highest BCUT2D eigenvalue weighted by atomic mass is 79.9. The summed E-state index contributed by atoms with van der Waals surface area (Å²) in [7, 11) is 0. The number of carbonyl (C=O) groups excluding carboxylic acids is 1. The summed E-state index contributed by atoms with van der Waals surface area (Å²) in [6.45, 7) is 0. The molecule has 0 aliphatic carbocycles. The zero-order chi connectivity index (χ0) is 9.56. The maximum Gasteiger partial charge on any atom is 0.317 e. The second-order valence-corrected chi connectivity index (χ2v) is 3.80. The van der Waals surface area contributed by atoms with Crippen molar-refractivity contribution in [1.29, 1.82) is 0 Å². The van der Waals surface area contributed by atoms with Crippen LogP contribution in [0.25, 0.3) is 0 Å². The van der Waals surface area contributed by atoms with Gasteiger partial charge in [-0.1, -0.05) is 15.9 Å². The van der Waals surface area contributed by atoms with E-state index in [0.717, 1.165) is 0 Å². The van der Waals surface area contributed by atoms with Crippen LogP contribution in [-0.2, 0) is 13.4 Å². The van der Waals surface area contributed by atoms with Crippen LogP contribution in [0.1, 0.15) is 19.3 Å². The van der Waals surface area contributed by atoms with Gasteiger partial charge in [-0.3, -0.25) is 9.59 Å². The zero-order valence-corrected chi connectivity index (χ0v) is 9.30. The number of hydrogen-bond acceptors (Lipinski definition) is 3. The van der Waals surface area contributed by atoms with Crippen molar-refractivity contribution >= 4 is 44.1 Å². The highest BCUT2D eigenvalue weighted by Gasteiger charge is 2.11. The fourth-order valence-corrected chi connectivity index (χ4v) is 1.27. The van der Waals surface area contributed by atoms with Gasteiger partial charge in [-0.25, -0.2) is 0 Å². The first kappa shape index (κ1) is 11.9. The molecule has 4 nitrogen and oxygen atoms in total.